The third-order valence-electron chi connectivity index (χ3n) is 2.68. The molecule has 2 aromatic rings. The Morgan fingerprint density at radius 1 is 1.26 bits per heavy atom. The summed E-state index contributed by atoms with van der Waals surface area (Å²) in [6.45, 7) is 3.38. The molecule has 0 aliphatic rings. The van der Waals surface area contributed by atoms with Crippen LogP contribution in [-0.2, 0) is 4.79 Å². The Hall–Kier alpha value is -2.30. The Balaban J connectivity index is 2.62. The molecule has 5 nitrogen and oxygen atoms in total. The smallest absolute Gasteiger partial charge is 0.341 e. The Bertz CT molecular complexity index is 637. The number of ether oxygens (including phenoxy) is 2. The van der Waals surface area contributed by atoms with Crippen molar-refractivity contribution in [3.05, 3.63) is 29.5 Å². The first kappa shape index (κ1) is 13.1. The highest BCUT2D eigenvalue weighted by Gasteiger charge is 2.11. The van der Waals surface area contributed by atoms with Gasteiger partial charge in [0.2, 0.25) is 0 Å². The van der Waals surface area contributed by atoms with E-state index in [1.807, 2.05) is 26.0 Å². The van der Waals surface area contributed by atoms with Crippen molar-refractivity contribution in [2.75, 3.05) is 13.7 Å². The van der Waals surface area contributed by atoms with E-state index < -0.39 is 5.97 Å². The quantitative estimate of drug-likeness (QED) is 0.914. The number of carboxylic acid groups (broad SMARTS) is 1. The lowest BCUT2D eigenvalue weighted by Gasteiger charge is -2.12. The van der Waals surface area contributed by atoms with Crippen LogP contribution in [0.4, 0.5) is 0 Å². The third-order valence-corrected chi connectivity index (χ3v) is 2.68. The Morgan fingerprint density at radius 2 is 2.00 bits per heavy atom. The van der Waals surface area contributed by atoms with E-state index in [0.717, 1.165) is 16.6 Å². The van der Waals surface area contributed by atoms with Crippen LogP contribution in [0.3, 0.4) is 0 Å². The highest BCUT2D eigenvalue weighted by molar-refractivity contribution is 5.91. The van der Waals surface area contributed by atoms with E-state index >= 15 is 0 Å². The molecular formula is C14H15NO4. The number of aromatic nitrogens is 1. The van der Waals surface area contributed by atoms with E-state index in [2.05, 4.69) is 4.98 Å². The number of rotatable bonds is 4. The van der Waals surface area contributed by atoms with E-state index in [1.165, 1.54) is 0 Å². The number of pyridine rings is 1. The molecular weight excluding hydrogens is 246 g/mol. The summed E-state index contributed by atoms with van der Waals surface area (Å²) < 4.78 is 10.6. The predicted octanol–water partition coefficient (Wildman–Crippen LogP) is 2.32. The van der Waals surface area contributed by atoms with Gasteiger partial charge in [-0.25, -0.2) is 9.78 Å². The van der Waals surface area contributed by atoms with Crippen LogP contribution < -0.4 is 9.47 Å². The van der Waals surface area contributed by atoms with Gasteiger partial charge in [0.15, 0.2) is 6.61 Å². The minimum Gasteiger partial charge on any atom is -0.494 e. The van der Waals surface area contributed by atoms with Gasteiger partial charge in [0.25, 0.3) is 0 Å². The summed E-state index contributed by atoms with van der Waals surface area (Å²) in [5.74, 6) is 0.146. The molecule has 19 heavy (non-hydrogen) atoms. The summed E-state index contributed by atoms with van der Waals surface area (Å²) in [5, 5.41) is 9.46. The molecule has 0 radical (unpaired) electrons. The first-order chi connectivity index (χ1) is 9.01. The molecule has 0 fully saturated rings. The fourth-order valence-corrected chi connectivity index (χ4v) is 1.94. The average Bonchev–Trinajstić information content (AvgIpc) is 2.35. The maximum atomic E-state index is 10.6. The maximum Gasteiger partial charge on any atom is 0.341 e. The molecule has 0 unspecified atom stereocenters. The molecule has 2 rings (SSSR count). The third kappa shape index (κ3) is 2.76. The number of carboxylic acids is 1. The molecule has 0 saturated carbocycles. The average molecular weight is 261 g/mol. The van der Waals surface area contributed by atoms with Crippen LogP contribution in [0.5, 0.6) is 11.5 Å². The fourth-order valence-electron chi connectivity index (χ4n) is 1.94. The Morgan fingerprint density at radius 3 is 2.63 bits per heavy atom. The Labute approximate surface area is 110 Å². The second kappa shape index (κ2) is 5.14. The van der Waals surface area contributed by atoms with Crippen molar-refractivity contribution in [1.29, 1.82) is 0 Å². The number of carbonyl (C=O) groups is 1. The highest BCUT2D eigenvalue weighted by atomic mass is 16.5. The molecule has 0 aliphatic heterocycles. The normalized spacial score (nSPS) is 10.5. The van der Waals surface area contributed by atoms with Crippen LogP contribution in [0.2, 0.25) is 0 Å². The molecule has 0 bridgehead atoms. The topological polar surface area (TPSA) is 68.7 Å². The van der Waals surface area contributed by atoms with E-state index in [0.29, 0.717) is 17.0 Å². The van der Waals surface area contributed by atoms with Gasteiger partial charge in [-0.15, -0.1) is 0 Å². The van der Waals surface area contributed by atoms with Crippen LogP contribution in [0.15, 0.2) is 18.2 Å². The van der Waals surface area contributed by atoms with Gasteiger partial charge in [-0.05, 0) is 31.5 Å². The number of hydrogen-bond acceptors (Lipinski definition) is 4. The summed E-state index contributed by atoms with van der Waals surface area (Å²) in [6.07, 6.45) is 0. The van der Waals surface area contributed by atoms with Crippen molar-refractivity contribution < 1.29 is 19.4 Å². The highest BCUT2D eigenvalue weighted by Crippen LogP contribution is 2.32. The van der Waals surface area contributed by atoms with Gasteiger partial charge < -0.3 is 14.6 Å². The SMILES string of the molecule is COc1cc(C)cc2c(OCC(=O)O)cc(C)nc12. The van der Waals surface area contributed by atoms with Crippen molar-refractivity contribution >= 4 is 16.9 Å². The number of aliphatic carboxylic acids is 1. The van der Waals surface area contributed by atoms with Crippen molar-refractivity contribution in [2.24, 2.45) is 0 Å². The summed E-state index contributed by atoms with van der Waals surface area (Å²) >= 11 is 0. The molecule has 1 heterocycles. The lowest BCUT2D eigenvalue weighted by Crippen LogP contribution is -2.10. The zero-order valence-electron chi connectivity index (χ0n) is 11.1. The van der Waals surface area contributed by atoms with E-state index in [4.69, 9.17) is 14.6 Å². The zero-order chi connectivity index (χ0) is 14.0. The molecule has 0 saturated heterocycles. The van der Waals surface area contributed by atoms with Crippen LogP contribution in [0.1, 0.15) is 11.3 Å². The van der Waals surface area contributed by atoms with Crippen LogP contribution in [-0.4, -0.2) is 29.8 Å². The van der Waals surface area contributed by atoms with Gasteiger partial charge >= 0.3 is 5.97 Å². The van der Waals surface area contributed by atoms with E-state index in [-0.39, 0.29) is 6.61 Å². The monoisotopic (exact) mass is 261 g/mol. The first-order valence-electron chi connectivity index (χ1n) is 5.82. The van der Waals surface area contributed by atoms with Gasteiger partial charge in [0.05, 0.1) is 7.11 Å². The summed E-state index contributed by atoms with van der Waals surface area (Å²) in [7, 11) is 1.58. The zero-order valence-corrected chi connectivity index (χ0v) is 11.1. The van der Waals surface area contributed by atoms with Crippen molar-refractivity contribution in [1.82, 2.24) is 4.98 Å². The van der Waals surface area contributed by atoms with Gasteiger partial charge in [0, 0.05) is 17.1 Å². The van der Waals surface area contributed by atoms with Crippen LogP contribution in [0, 0.1) is 13.8 Å². The number of aryl methyl sites for hydroxylation is 2. The number of nitrogens with zero attached hydrogens (tertiary/aromatic N) is 1. The van der Waals surface area contributed by atoms with Crippen molar-refractivity contribution in [3.63, 3.8) is 0 Å². The van der Waals surface area contributed by atoms with E-state index in [9.17, 15) is 4.79 Å². The molecule has 5 heteroatoms. The van der Waals surface area contributed by atoms with Gasteiger partial charge in [-0.2, -0.15) is 0 Å². The number of methoxy groups -OCH3 is 1. The predicted molar refractivity (Wildman–Crippen MR) is 70.9 cm³/mol. The molecule has 0 aliphatic carbocycles. The fraction of sp³-hybridized carbons (Fsp3) is 0.286. The summed E-state index contributed by atoms with van der Waals surface area (Å²) in [6, 6.07) is 5.52. The number of hydrogen-bond donors (Lipinski definition) is 1. The second-order valence-corrected chi connectivity index (χ2v) is 4.31. The molecule has 0 spiro atoms. The summed E-state index contributed by atoms with van der Waals surface area (Å²) in [4.78, 5) is 15.0. The number of benzene rings is 1. The lowest BCUT2D eigenvalue weighted by molar-refractivity contribution is -0.139. The minimum absolute atomic E-state index is 0.380. The Kier molecular flexibility index (Phi) is 3.55. The maximum absolute atomic E-state index is 10.6. The van der Waals surface area contributed by atoms with Crippen LogP contribution in [0.25, 0.3) is 10.9 Å². The largest absolute Gasteiger partial charge is 0.494 e. The lowest BCUT2D eigenvalue weighted by atomic mass is 10.1. The molecule has 0 atom stereocenters. The van der Waals surface area contributed by atoms with Crippen molar-refractivity contribution in [2.45, 2.75) is 13.8 Å². The number of fused-ring (bicyclic) bond motifs is 1. The van der Waals surface area contributed by atoms with Gasteiger partial charge in [-0.1, -0.05) is 0 Å². The van der Waals surface area contributed by atoms with Crippen molar-refractivity contribution in [3.8, 4) is 11.5 Å². The molecule has 1 N–H and O–H groups in total. The first-order valence-corrected chi connectivity index (χ1v) is 5.82. The molecule has 100 valence electrons. The standard InChI is InChI=1S/C14H15NO4/c1-8-4-10-11(19-7-13(16)17)6-9(2)15-14(10)12(5-8)18-3/h4-6H,7H2,1-3H3,(H,16,17). The molecule has 1 aromatic heterocycles. The van der Waals surface area contributed by atoms with Crippen LogP contribution >= 0.6 is 0 Å². The molecule has 1 aromatic carbocycles. The van der Waals surface area contributed by atoms with E-state index in [1.54, 1.807) is 13.2 Å². The van der Waals surface area contributed by atoms with Gasteiger partial charge in [0.1, 0.15) is 17.0 Å². The summed E-state index contributed by atoms with van der Waals surface area (Å²) in [5.41, 5.74) is 2.42. The minimum atomic E-state index is -1.01. The molecule has 0 amide bonds. The van der Waals surface area contributed by atoms with Gasteiger partial charge in [-0.3, -0.25) is 0 Å². The second-order valence-electron chi connectivity index (χ2n) is 4.31.